The summed E-state index contributed by atoms with van der Waals surface area (Å²) >= 11 is 0. The summed E-state index contributed by atoms with van der Waals surface area (Å²) in [5, 5.41) is 2.67. The number of sulfone groups is 1. The number of anilines is 1. The van der Waals surface area contributed by atoms with Crippen LogP contribution in [0.1, 0.15) is 29.5 Å². The average Bonchev–Trinajstić information content (AvgIpc) is 2.85. The lowest BCUT2D eigenvalue weighted by atomic mass is 10.0. The first-order valence-electron chi connectivity index (χ1n) is 11.6. The second-order valence-corrected chi connectivity index (χ2v) is 10.7. The quantitative estimate of drug-likeness (QED) is 0.353. The fourth-order valence-electron chi connectivity index (χ4n) is 3.76. The molecule has 7 nitrogen and oxygen atoms in total. The predicted molar refractivity (Wildman–Crippen MR) is 137 cm³/mol. The molecule has 2 aromatic carbocycles. The second kappa shape index (κ2) is 12.8. The summed E-state index contributed by atoms with van der Waals surface area (Å²) in [6.45, 7) is -0.127. The van der Waals surface area contributed by atoms with Crippen molar-refractivity contribution in [1.82, 2.24) is 10.3 Å². The van der Waals surface area contributed by atoms with Gasteiger partial charge in [0.1, 0.15) is 0 Å². The zero-order chi connectivity index (χ0) is 25.1. The Morgan fingerprint density at radius 1 is 0.857 bits per heavy atom. The molecule has 0 aliphatic rings. The first-order chi connectivity index (χ1) is 16.8. The van der Waals surface area contributed by atoms with Gasteiger partial charge in [0.15, 0.2) is 15.6 Å². The Balaban J connectivity index is 1.58. The van der Waals surface area contributed by atoms with Crippen molar-refractivity contribution in [3.63, 3.8) is 0 Å². The Bertz CT molecular complexity index is 1200. The maximum atomic E-state index is 13.0. The summed E-state index contributed by atoms with van der Waals surface area (Å²) in [7, 11) is -3.54. The van der Waals surface area contributed by atoms with E-state index in [2.05, 4.69) is 10.3 Å². The van der Waals surface area contributed by atoms with Crippen LogP contribution in [0.25, 0.3) is 0 Å². The van der Waals surface area contributed by atoms with E-state index in [9.17, 15) is 18.0 Å². The minimum absolute atomic E-state index is 0.116. The van der Waals surface area contributed by atoms with E-state index in [0.29, 0.717) is 30.5 Å². The molecule has 1 unspecified atom stereocenters. The van der Waals surface area contributed by atoms with Crippen LogP contribution in [0.3, 0.4) is 0 Å². The zero-order valence-electron chi connectivity index (χ0n) is 19.6. The number of hydrogen-bond donors (Lipinski definition) is 2. The molecule has 0 saturated carbocycles. The van der Waals surface area contributed by atoms with E-state index in [-0.39, 0.29) is 30.3 Å². The highest BCUT2D eigenvalue weighted by Crippen LogP contribution is 2.16. The number of aryl methyl sites for hydroxylation is 2. The third kappa shape index (κ3) is 9.33. The number of benzene rings is 2. The molecule has 0 aliphatic heterocycles. The van der Waals surface area contributed by atoms with E-state index in [1.807, 2.05) is 30.3 Å². The molecular weight excluding hydrogens is 462 g/mol. The van der Waals surface area contributed by atoms with Crippen LogP contribution in [0.4, 0.5) is 5.69 Å². The molecular formula is C27H31N3O4S. The fourth-order valence-corrected chi connectivity index (χ4v) is 5.51. The largest absolute Gasteiger partial charge is 0.399 e. The minimum atomic E-state index is -3.54. The Kier molecular flexibility index (Phi) is 9.55. The summed E-state index contributed by atoms with van der Waals surface area (Å²) in [5.41, 5.74) is 8.98. The van der Waals surface area contributed by atoms with E-state index in [0.717, 1.165) is 11.1 Å². The van der Waals surface area contributed by atoms with Crippen LogP contribution >= 0.6 is 0 Å². The standard InChI is InChI=1S/C27H31N3O4S/c28-25-11-7-21(8-12-25)9-13-26(31)18-30-27(32)24(10-6-22-14-16-29-17-15-22)20-35(33,34)19-23-4-2-1-3-5-23/h1-5,7-8,11-12,14-17,24H,6,9-10,13,18-20,28H2,(H,30,32). The number of nitrogen functional groups attached to an aromatic ring is 1. The lowest BCUT2D eigenvalue weighted by Gasteiger charge is -2.17. The van der Waals surface area contributed by atoms with Crippen LogP contribution < -0.4 is 11.1 Å². The van der Waals surface area contributed by atoms with Gasteiger partial charge in [0.25, 0.3) is 0 Å². The molecule has 8 heteroatoms. The molecule has 0 spiro atoms. The normalized spacial score (nSPS) is 12.1. The number of Topliss-reactive ketones (excluding diaryl/α,β-unsaturated/α-hetero) is 1. The number of aromatic nitrogens is 1. The van der Waals surface area contributed by atoms with Gasteiger partial charge in [-0.3, -0.25) is 14.6 Å². The van der Waals surface area contributed by atoms with Crippen LogP contribution in [-0.4, -0.2) is 37.4 Å². The van der Waals surface area contributed by atoms with Crippen molar-refractivity contribution < 1.29 is 18.0 Å². The summed E-state index contributed by atoms with van der Waals surface area (Å²) in [6.07, 6.45) is 5.03. The van der Waals surface area contributed by atoms with Gasteiger partial charge in [0.05, 0.1) is 24.0 Å². The van der Waals surface area contributed by atoms with Crippen molar-refractivity contribution in [3.8, 4) is 0 Å². The van der Waals surface area contributed by atoms with E-state index >= 15 is 0 Å². The van der Waals surface area contributed by atoms with Crippen LogP contribution in [0.15, 0.2) is 79.1 Å². The van der Waals surface area contributed by atoms with Gasteiger partial charge in [0, 0.05) is 24.5 Å². The number of carbonyl (C=O) groups excluding carboxylic acids is 2. The van der Waals surface area contributed by atoms with E-state index in [1.54, 1.807) is 48.8 Å². The SMILES string of the molecule is Nc1ccc(CCC(=O)CNC(=O)C(CCc2ccncc2)CS(=O)(=O)Cc2ccccc2)cc1. The highest BCUT2D eigenvalue weighted by Gasteiger charge is 2.26. The highest BCUT2D eigenvalue weighted by atomic mass is 32.2. The van der Waals surface area contributed by atoms with Crippen LogP contribution in [0.5, 0.6) is 0 Å². The average molecular weight is 494 g/mol. The number of ketones is 1. The smallest absolute Gasteiger partial charge is 0.224 e. The van der Waals surface area contributed by atoms with Gasteiger partial charge in [-0.15, -0.1) is 0 Å². The van der Waals surface area contributed by atoms with E-state index < -0.39 is 21.7 Å². The fraction of sp³-hybridized carbons (Fsp3) is 0.296. The first-order valence-corrected chi connectivity index (χ1v) is 13.4. The number of nitrogens with two attached hydrogens (primary N) is 1. The molecule has 1 amide bonds. The molecule has 1 aromatic heterocycles. The Hall–Kier alpha value is -3.52. The van der Waals surface area contributed by atoms with Gasteiger partial charge < -0.3 is 11.1 Å². The molecule has 184 valence electrons. The van der Waals surface area contributed by atoms with Gasteiger partial charge in [-0.25, -0.2) is 8.42 Å². The number of nitrogens with one attached hydrogen (secondary N) is 1. The van der Waals surface area contributed by atoms with Crippen molar-refractivity contribution in [2.75, 3.05) is 18.0 Å². The Morgan fingerprint density at radius 2 is 1.51 bits per heavy atom. The monoisotopic (exact) mass is 493 g/mol. The van der Waals surface area contributed by atoms with E-state index in [1.165, 1.54) is 0 Å². The summed E-state index contributed by atoms with van der Waals surface area (Å²) in [4.78, 5) is 29.3. The zero-order valence-corrected chi connectivity index (χ0v) is 20.4. The molecule has 0 aliphatic carbocycles. The van der Waals surface area contributed by atoms with Crippen LogP contribution in [-0.2, 0) is 38.0 Å². The number of amides is 1. The predicted octanol–water partition coefficient (Wildman–Crippen LogP) is 3.15. The second-order valence-electron chi connectivity index (χ2n) is 8.63. The topological polar surface area (TPSA) is 119 Å². The van der Waals surface area contributed by atoms with Gasteiger partial charge in [-0.05, 0) is 60.2 Å². The maximum absolute atomic E-state index is 13.0. The first kappa shape index (κ1) is 26.1. The van der Waals surface area contributed by atoms with Crippen molar-refractivity contribution in [2.24, 2.45) is 5.92 Å². The number of hydrogen-bond acceptors (Lipinski definition) is 6. The summed E-state index contributed by atoms with van der Waals surface area (Å²) in [6, 6.07) is 19.9. The number of carbonyl (C=O) groups is 2. The van der Waals surface area contributed by atoms with E-state index in [4.69, 9.17) is 5.73 Å². The minimum Gasteiger partial charge on any atom is -0.399 e. The van der Waals surface area contributed by atoms with Crippen molar-refractivity contribution in [2.45, 2.75) is 31.4 Å². The molecule has 0 fully saturated rings. The summed E-state index contributed by atoms with van der Waals surface area (Å²) < 4.78 is 25.8. The van der Waals surface area contributed by atoms with Gasteiger partial charge >= 0.3 is 0 Å². The Morgan fingerprint density at radius 3 is 2.20 bits per heavy atom. The molecule has 0 saturated heterocycles. The molecule has 3 aromatic rings. The summed E-state index contributed by atoms with van der Waals surface area (Å²) in [5.74, 6) is -1.71. The molecule has 3 N–H and O–H groups in total. The Labute approximate surface area is 206 Å². The molecule has 1 heterocycles. The maximum Gasteiger partial charge on any atom is 0.224 e. The molecule has 0 radical (unpaired) electrons. The number of nitrogens with zero attached hydrogens (tertiary/aromatic N) is 1. The number of rotatable bonds is 13. The third-order valence-electron chi connectivity index (χ3n) is 5.72. The van der Waals surface area contributed by atoms with Crippen molar-refractivity contribution >= 4 is 27.2 Å². The van der Waals surface area contributed by atoms with Crippen LogP contribution in [0.2, 0.25) is 0 Å². The van der Waals surface area contributed by atoms with Gasteiger partial charge in [-0.2, -0.15) is 0 Å². The molecule has 35 heavy (non-hydrogen) atoms. The highest BCUT2D eigenvalue weighted by molar-refractivity contribution is 7.90. The molecule has 3 rings (SSSR count). The van der Waals surface area contributed by atoms with Gasteiger partial charge in [0.2, 0.25) is 5.91 Å². The van der Waals surface area contributed by atoms with Crippen molar-refractivity contribution in [3.05, 3.63) is 95.8 Å². The number of pyridine rings is 1. The van der Waals surface area contributed by atoms with Gasteiger partial charge in [-0.1, -0.05) is 42.5 Å². The third-order valence-corrected chi connectivity index (χ3v) is 7.40. The molecule has 0 bridgehead atoms. The lowest BCUT2D eigenvalue weighted by Crippen LogP contribution is -2.38. The van der Waals surface area contributed by atoms with Crippen molar-refractivity contribution in [1.29, 1.82) is 0 Å². The lowest BCUT2D eigenvalue weighted by molar-refractivity contribution is -0.127. The molecule has 1 atom stereocenters. The van der Waals surface area contributed by atoms with Crippen LogP contribution in [0, 0.1) is 5.92 Å².